The molecule has 2 aromatic carbocycles. The number of hydrogen-bond donors (Lipinski definition) is 2. The van der Waals surface area contributed by atoms with Gasteiger partial charge in [0.05, 0.1) is 12.8 Å². The van der Waals surface area contributed by atoms with Crippen LogP contribution in [-0.2, 0) is 4.79 Å². The Kier molecular flexibility index (Phi) is 6.29. The Labute approximate surface area is 173 Å². The number of hydrogen-bond acceptors (Lipinski definition) is 5. The third kappa shape index (κ3) is 5.00. The molecule has 1 aromatic heterocycles. The van der Waals surface area contributed by atoms with E-state index in [1.165, 1.54) is 30.9 Å². The van der Waals surface area contributed by atoms with Crippen LogP contribution >= 0.6 is 11.3 Å². The largest absolute Gasteiger partial charge is 0.495 e. The Bertz CT molecular complexity index is 1030. The molecule has 2 N–H and O–H groups in total. The zero-order valence-electron chi connectivity index (χ0n) is 16.8. The van der Waals surface area contributed by atoms with Crippen LogP contribution in [0.2, 0.25) is 0 Å². The van der Waals surface area contributed by atoms with Gasteiger partial charge in [0.15, 0.2) is 0 Å². The van der Waals surface area contributed by atoms with Gasteiger partial charge in [-0.3, -0.25) is 9.59 Å². The average Bonchev–Trinajstić information content (AvgIpc) is 3.18. The van der Waals surface area contributed by atoms with Crippen molar-refractivity contribution < 1.29 is 14.3 Å². The van der Waals surface area contributed by atoms with Crippen LogP contribution in [-0.4, -0.2) is 23.9 Å². The summed E-state index contributed by atoms with van der Waals surface area (Å²) in [7, 11) is 1.52. The van der Waals surface area contributed by atoms with Gasteiger partial charge in [-0.1, -0.05) is 38.1 Å². The molecule has 2 amide bonds. The van der Waals surface area contributed by atoms with E-state index in [9.17, 15) is 9.59 Å². The number of nitrogens with zero attached hydrogens (tertiary/aromatic N) is 1. The fourth-order valence-electron chi connectivity index (χ4n) is 2.79. The highest BCUT2D eigenvalue weighted by atomic mass is 32.1. The number of aromatic nitrogens is 1. The van der Waals surface area contributed by atoms with Gasteiger partial charge in [-0.2, -0.15) is 0 Å². The molecule has 0 bridgehead atoms. The van der Waals surface area contributed by atoms with Crippen molar-refractivity contribution in [3.63, 3.8) is 0 Å². The van der Waals surface area contributed by atoms with Crippen molar-refractivity contribution in [2.75, 3.05) is 17.7 Å². The van der Waals surface area contributed by atoms with E-state index in [1.807, 2.05) is 12.1 Å². The molecule has 7 heteroatoms. The minimum absolute atomic E-state index is 0.194. The van der Waals surface area contributed by atoms with Crippen molar-refractivity contribution in [2.24, 2.45) is 0 Å². The van der Waals surface area contributed by atoms with Crippen LogP contribution < -0.4 is 15.4 Å². The maximum absolute atomic E-state index is 12.7. The first kappa shape index (κ1) is 20.5. The van der Waals surface area contributed by atoms with Gasteiger partial charge in [-0.15, -0.1) is 11.3 Å². The Balaban J connectivity index is 1.79. The van der Waals surface area contributed by atoms with Gasteiger partial charge in [0.25, 0.3) is 5.91 Å². The highest BCUT2D eigenvalue weighted by Gasteiger charge is 2.15. The molecule has 1 heterocycles. The molecular formula is C22H23N3O3S. The second-order valence-electron chi connectivity index (χ2n) is 6.86. The number of methoxy groups -OCH3 is 1. The minimum Gasteiger partial charge on any atom is -0.495 e. The van der Waals surface area contributed by atoms with Gasteiger partial charge in [0.1, 0.15) is 16.5 Å². The van der Waals surface area contributed by atoms with Crippen LogP contribution in [0.1, 0.15) is 42.7 Å². The Morgan fingerprint density at radius 3 is 2.41 bits per heavy atom. The molecule has 0 aliphatic rings. The number of carbonyl (C=O) groups excluding carboxylic acids is 2. The Morgan fingerprint density at radius 1 is 1.07 bits per heavy atom. The number of thiazole rings is 1. The fourth-order valence-corrected chi connectivity index (χ4v) is 3.60. The van der Waals surface area contributed by atoms with Gasteiger partial charge >= 0.3 is 0 Å². The lowest BCUT2D eigenvalue weighted by Gasteiger charge is -2.11. The van der Waals surface area contributed by atoms with Crippen LogP contribution in [0.15, 0.2) is 47.8 Å². The van der Waals surface area contributed by atoms with Crippen LogP contribution in [0, 0.1) is 0 Å². The van der Waals surface area contributed by atoms with Crippen LogP contribution in [0.4, 0.5) is 11.4 Å². The smallest absolute Gasteiger partial charge is 0.275 e. The van der Waals surface area contributed by atoms with Gasteiger partial charge in [-0.25, -0.2) is 4.98 Å². The molecule has 0 atom stereocenters. The number of nitrogens with one attached hydrogen (secondary N) is 2. The third-order valence-electron chi connectivity index (χ3n) is 4.33. The fraction of sp³-hybridized carbons (Fsp3) is 0.227. The van der Waals surface area contributed by atoms with E-state index in [4.69, 9.17) is 4.74 Å². The second-order valence-corrected chi connectivity index (χ2v) is 7.72. The van der Waals surface area contributed by atoms with E-state index in [0.717, 1.165) is 10.6 Å². The van der Waals surface area contributed by atoms with Gasteiger partial charge in [0.2, 0.25) is 5.91 Å². The molecular weight excluding hydrogens is 386 g/mol. The number of ether oxygens (including phenoxy) is 1. The van der Waals surface area contributed by atoms with E-state index in [2.05, 4.69) is 41.6 Å². The zero-order valence-corrected chi connectivity index (χ0v) is 17.6. The van der Waals surface area contributed by atoms with Gasteiger partial charge < -0.3 is 15.4 Å². The summed E-state index contributed by atoms with van der Waals surface area (Å²) in [5.41, 5.74) is 3.58. The van der Waals surface area contributed by atoms with E-state index in [-0.39, 0.29) is 11.8 Å². The van der Waals surface area contributed by atoms with Gasteiger partial charge in [-0.05, 0) is 29.7 Å². The summed E-state index contributed by atoms with van der Waals surface area (Å²) in [5, 5.41) is 8.01. The number of benzene rings is 2. The van der Waals surface area contributed by atoms with Crippen molar-refractivity contribution >= 4 is 34.5 Å². The molecule has 0 saturated carbocycles. The maximum atomic E-state index is 12.7. The van der Waals surface area contributed by atoms with Crippen molar-refractivity contribution in [1.29, 1.82) is 0 Å². The zero-order chi connectivity index (χ0) is 21.0. The van der Waals surface area contributed by atoms with E-state index < -0.39 is 0 Å². The molecule has 0 spiro atoms. The van der Waals surface area contributed by atoms with E-state index in [0.29, 0.717) is 28.7 Å². The average molecular weight is 410 g/mol. The lowest BCUT2D eigenvalue weighted by molar-refractivity contribution is -0.114. The number of amides is 2. The molecule has 3 aromatic rings. The minimum atomic E-state index is -0.343. The summed E-state index contributed by atoms with van der Waals surface area (Å²) in [6.07, 6.45) is 0. The third-order valence-corrected chi connectivity index (χ3v) is 5.22. The summed E-state index contributed by atoms with van der Waals surface area (Å²) < 4.78 is 5.30. The molecule has 0 saturated heterocycles. The lowest BCUT2D eigenvalue weighted by atomic mass is 10.0. The summed E-state index contributed by atoms with van der Waals surface area (Å²) in [6, 6.07) is 13.3. The van der Waals surface area contributed by atoms with Crippen molar-refractivity contribution in [2.45, 2.75) is 26.7 Å². The SMILES string of the molecule is COc1ccc(NC(C)=O)cc1NC(=O)c1csc(-c2ccc(C(C)C)cc2)n1. The van der Waals surface area contributed by atoms with E-state index >= 15 is 0 Å². The number of rotatable bonds is 6. The summed E-state index contributed by atoms with van der Waals surface area (Å²) in [5.74, 6) is 0.418. The molecule has 0 unspecified atom stereocenters. The van der Waals surface area contributed by atoms with Crippen molar-refractivity contribution in [3.05, 3.63) is 59.1 Å². The Hall–Kier alpha value is -3.19. The predicted octanol–water partition coefficient (Wildman–Crippen LogP) is 5.15. The van der Waals surface area contributed by atoms with Crippen LogP contribution in [0.3, 0.4) is 0 Å². The van der Waals surface area contributed by atoms with Crippen molar-refractivity contribution in [3.8, 4) is 16.3 Å². The molecule has 0 radical (unpaired) electrons. The molecule has 0 aliphatic heterocycles. The first-order valence-electron chi connectivity index (χ1n) is 9.20. The van der Waals surface area contributed by atoms with Crippen LogP contribution in [0.25, 0.3) is 10.6 Å². The lowest BCUT2D eigenvalue weighted by Crippen LogP contribution is -2.14. The van der Waals surface area contributed by atoms with Crippen LogP contribution in [0.5, 0.6) is 5.75 Å². The highest BCUT2D eigenvalue weighted by Crippen LogP contribution is 2.30. The normalized spacial score (nSPS) is 10.7. The van der Waals surface area contributed by atoms with E-state index in [1.54, 1.807) is 23.6 Å². The van der Waals surface area contributed by atoms with Crippen molar-refractivity contribution in [1.82, 2.24) is 4.98 Å². The number of carbonyl (C=O) groups is 2. The maximum Gasteiger partial charge on any atom is 0.275 e. The molecule has 0 aliphatic carbocycles. The molecule has 150 valence electrons. The summed E-state index contributed by atoms with van der Waals surface area (Å²) in [4.78, 5) is 28.4. The first-order valence-corrected chi connectivity index (χ1v) is 10.1. The summed E-state index contributed by atoms with van der Waals surface area (Å²) >= 11 is 1.42. The standard InChI is InChI=1S/C22H23N3O3S/c1-13(2)15-5-7-16(8-6-15)22-25-19(12-29-22)21(27)24-18-11-17(23-14(3)26)9-10-20(18)28-4/h5-13H,1-4H3,(H,23,26)(H,24,27). The predicted molar refractivity (Wildman–Crippen MR) is 117 cm³/mol. The topological polar surface area (TPSA) is 80.3 Å². The monoisotopic (exact) mass is 409 g/mol. The molecule has 6 nitrogen and oxygen atoms in total. The van der Waals surface area contributed by atoms with Gasteiger partial charge in [0, 0.05) is 23.6 Å². The second kappa shape index (κ2) is 8.87. The number of anilines is 2. The molecule has 29 heavy (non-hydrogen) atoms. The molecule has 0 fully saturated rings. The summed E-state index contributed by atoms with van der Waals surface area (Å²) in [6.45, 7) is 5.72. The quantitative estimate of drug-likeness (QED) is 0.590. The Morgan fingerprint density at radius 2 is 1.79 bits per heavy atom. The molecule has 3 rings (SSSR count). The highest BCUT2D eigenvalue weighted by molar-refractivity contribution is 7.13. The first-order chi connectivity index (χ1) is 13.9.